The minimum Gasteiger partial charge on any atom is -0.480 e. The number of rotatable bonds is 10. The van der Waals surface area contributed by atoms with Crippen LogP contribution in [0.2, 0.25) is 0 Å². The maximum absolute atomic E-state index is 13.0. The molecule has 154 valence electrons. The van der Waals surface area contributed by atoms with Crippen molar-refractivity contribution in [2.45, 2.75) is 45.7 Å². The van der Waals surface area contributed by atoms with Crippen molar-refractivity contribution in [3.63, 3.8) is 0 Å². The van der Waals surface area contributed by atoms with E-state index in [1.54, 1.807) is 6.92 Å². The molecular formula is C19H25FN2O6. The number of carboxylic acids is 1. The molecule has 0 bridgehead atoms. The number of halogens is 1. The van der Waals surface area contributed by atoms with Crippen molar-refractivity contribution in [1.29, 1.82) is 0 Å². The first-order valence-electron chi connectivity index (χ1n) is 8.85. The van der Waals surface area contributed by atoms with Crippen LogP contribution in [-0.4, -0.2) is 47.6 Å². The van der Waals surface area contributed by atoms with Crippen LogP contribution in [0.1, 0.15) is 32.8 Å². The second-order valence-corrected chi connectivity index (χ2v) is 6.37. The van der Waals surface area contributed by atoms with E-state index < -0.39 is 47.6 Å². The number of amides is 2. The van der Waals surface area contributed by atoms with Gasteiger partial charge in [-0.1, -0.05) is 19.1 Å². The van der Waals surface area contributed by atoms with Gasteiger partial charge in [0.2, 0.25) is 11.8 Å². The molecule has 0 aliphatic carbocycles. The second kappa shape index (κ2) is 11.0. The predicted molar refractivity (Wildman–Crippen MR) is 97.7 cm³/mol. The van der Waals surface area contributed by atoms with Gasteiger partial charge in [-0.25, -0.2) is 9.18 Å². The third kappa shape index (κ3) is 7.73. The maximum atomic E-state index is 13.0. The van der Waals surface area contributed by atoms with Crippen molar-refractivity contribution in [3.05, 3.63) is 35.6 Å². The first kappa shape index (κ1) is 23.1. The summed E-state index contributed by atoms with van der Waals surface area (Å²) in [5.41, 5.74) is 0.585. The summed E-state index contributed by atoms with van der Waals surface area (Å²) in [5, 5.41) is 14.2. The Morgan fingerprint density at radius 1 is 1.11 bits per heavy atom. The normalized spacial score (nSPS) is 13.7. The maximum Gasteiger partial charge on any atom is 0.326 e. The van der Waals surface area contributed by atoms with Gasteiger partial charge in [0.15, 0.2) is 0 Å². The van der Waals surface area contributed by atoms with Gasteiger partial charge in [-0.2, -0.15) is 0 Å². The van der Waals surface area contributed by atoms with Gasteiger partial charge in [-0.3, -0.25) is 14.4 Å². The van der Waals surface area contributed by atoms with Gasteiger partial charge in [-0.15, -0.1) is 0 Å². The fourth-order valence-electron chi connectivity index (χ4n) is 2.54. The van der Waals surface area contributed by atoms with E-state index in [-0.39, 0.29) is 19.4 Å². The summed E-state index contributed by atoms with van der Waals surface area (Å²) in [5.74, 6) is -4.25. The molecule has 0 unspecified atom stereocenters. The number of nitrogens with one attached hydrogen (secondary N) is 2. The molecule has 0 fully saturated rings. The van der Waals surface area contributed by atoms with Crippen molar-refractivity contribution in [2.24, 2.45) is 5.92 Å². The molecule has 3 N–H and O–H groups in total. The second-order valence-electron chi connectivity index (χ2n) is 6.37. The van der Waals surface area contributed by atoms with Crippen LogP contribution >= 0.6 is 0 Å². The molecule has 0 aliphatic rings. The fourth-order valence-corrected chi connectivity index (χ4v) is 2.54. The zero-order valence-corrected chi connectivity index (χ0v) is 16.0. The van der Waals surface area contributed by atoms with Gasteiger partial charge in [-0.05, 0) is 31.0 Å². The molecule has 28 heavy (non-hydrogen) atoms. The van der Waals surface area contributed by atoms with Crippen molar-refractivity contribution in [3.8, 4) is 0 Å². The zero-order chi connectivity index (χ0) is 21.3. The quantitative estimate of drug-likeness (QED) is 0.508. The largest absolute Gasteiger partial charge is 0.480 e. The van der Waals surface area contributed by atoms with Crippen LogP contribution in [0.25, 0.3) is 0 Å². The van der Waals surface area contributed by atoms with E-state index >= 15 is 0 Å². The van der Waals surface area contributed by atoms with E-state index in [1.807, 2.05) is 0 Å². The first-order valence-corrected chi connectivity index (χ1v) is 8.85. The van der Waals surface area contributed by atoms with Gasteiger partial charge < -0.3 is 20.5 Å². The summed E-state index contributed by atoms with van der Waals surface area (Å²) in [4.78, 5) is 47.2. The highest BCUT2D eigenvalue weighted by Gasteiger charge is 2.29. The van der Waals surface area contributed by atoms with Gasteiger partial charge in [0.25, 0.3) is 0 Å². The molecule has 0 heterocycles. The Morgan fingerprint density at radius 2 is 1.71 bits per heavy atom. The zero-order valence-electron chi connectivity index (χ0n) is 16.0. The van der Waals surface area contributed by atoms with E-state index in [1.165, 1.54) is 38.1 Å². The number of hydrogen-bond donors (Lipinski definition) is 3. The average Bonchev–Trinajstić information content (AvgIpc) is 2.61. The Bertz CT molecular complexity index is 707. The van der Waals surface area contributed by atoms with Crippen LogP contribution in [0.3, 0.4) is 0 Å². The molecule has 1 aromatic rings. The fraction of sp³-hybridized carbons (Fsp3) is 0.474. The van der Waals surface area contributed by atoms with Gasteiger partial charge in [0.05, 0.1) is 12.5 Å². The number of aliphatic carboxylic acids is 1. The van der Waals surface area contributed by atoms with Crippen molar-refractivity contribution < 1.29 is 33.4 Å². The van der Waals surface area contributed by atoms with Crippen LogP contribution in [0.5, 0.6) is 0 Å². The Morgan fingerprint density at radius 3 is 2.21 bits per heavy atom. The molecule has 1 rings (SSSR count). The molecule has 0 radical (unpaired) electrons. The van der Waals surface area contributed by atoms with E-state index in [0.717, 1.165) is 0 Å². The molecule has 9 heteroatoms. The molecule has 8 nitrogen and oxygen atoms in total. The average molecular weight is 396 g/mol. The minimum absolute atomic E-state index is 0.0471. The van der Waals surface area contributed by atoms with Crippen molar-refractivity contribution in [2.75, 3.05) is 6.61 Å². The van der Waals surface area contributed by atoms with Gasteiger partial charge in [0, 0.05) is 13.3 Å². The summed E-state index contributed by atoms with van der Waals surface area (Å²) < 4.78 is 17.9. The molecule has 0 saturated heterocycles. The summed E-state index contributed by atoms with van der Waals surface area (Å²) in [6, 6.07) is 2.99. The SMILES string of the molecule is CCOC(=O)[C@H](C)C[C@@H](NC(=O)[C@@H](Cc1ccc(F)cc1)NC(C)=O)C(=O)O. The number of ether oxygens (including phenoxy) is 1. The smallest absolute Gasteiger partial charge is 0.326 e. The summed E-state index contributed by atoms with van der Waals surface area (Å²) in [6.45, 7) is 4.52. The Labute approximate surface area is 162 Å². The lowest BCUT2D eigenvalue weighted by atomic mass is 10.0. The van der Waals surface area contributed by atoms with E-state index in [0.29, 0.717) is 5.56 Å². The molecule has 2 amide bonds. The molecule has 0 aliphatic heterocycles. The van der Waals surface area contributed by atoms with Gasteiger partial charge in [0.1, 0.15) is 17.9 Å². The topological polar surface area (TPSA) is 122 Å². The highest BCUT2D eigenvalue weighted by molar-refractivity contribution is 5.90. The van der Waals surface area contributed by atoms with E-state index in [2.05, 4.69) is 10.6 Å². The lowest BCUT2D eigenvalue weighted by molar-refractivity contribution is -0.149. The van der Waals surface area contributed by atoms with E-state index in [9.17, 15) is 28.7 Å². The standard InChI is InChI=1S/C19H25FN2O6/c1-4-28-19(27)11(2)9-16(18(25)26)22-17(24)15(21-12(3)23)10-13-5-7-14(20)8-6-13/h5-8,11,15-16H,4,9-10H2,1-3H3,(H,21,23)(H,22,24)(H,25,26)/t11-,15-,16-/m1/s1. The third-order valence-corrected chi connectivity index (χ3v) is 3.94. The Kier molecular flexibility index (Phi) is 9.07. The molecule has 1 aromatic carbocycles. The number of esters is 1. The minimum atomic E-state index is -1.34. The van der Waals surface area contributed by atoms with Gasteiger partial charge >= 0.3 is 11.9 Å². The van der Waals surface area contributed by atoms with Crippen LogP contribution in [0.4, 0.5) is 4.39 Å². The lowest BCUT2D eigenvalue weighted by Crippen LogP contribution is -2.52. The first-order chi connectivity index (χ1) is 13.1. The number of carbonyl (C=O) groups is 4. The van der Waals surface area contributed by atoms with Crippen LogP contribution in [0, 0.1) is 11.7 Å². The van der Waals surface area contributed by atoms with Crippen LogP contribution < -0.4 is 10.6 Å². The lowest BCUT2D eigenvalue weighted by Gasteiger charge is -2.22. The van der Waals surface area contributed by atoms with Crippen LogP contribution in [-0.2, 0) is 30.3 Å². The third-order valence-electron chi connectivity index (χ3n) is 3.94. The molecule has 0 aromatic heterocycles. The molecule has 3 atom stereocenters. The molecule has 0 saturated carbocycles. The van der Waals surface area contributed by atoms with Crippen molar-refractivity contribution in [1.82, 2.24) is 10.6 Å². The Balaban J connectivity index is 2.86. The highest BCUT2D eigenvalue weighted by atomic mass is 19.1. The number of carbonyl (C=O) groups excluding carboxylic acids is 3. The molecular weight excluding hydrogens is 371 g/mol. The monoisotopic (exact) mass is 396 g/mol. The summed E-state index contributed by atoms with van der Waals surface area (Å²) in [6.07, 6.45) is -0.116. The predicted octanol–water partition coefficient (Wildman–Crippen LogP) is 1.03. The molecule has 0 spiro atoms. The van der Waals surface area contributed by atoms with E-state index in [4.69, 9.17) is 4.74 Å². The number of carboxylic acid groups (broad SMARTS) is 1. The summed E-state index contributed by atoms with van der Waals surface area (Å²) >= 11 is 0. The Hall–Kier alpha value is -2.97. The van der Waals surface area contributed by atoms with Crippen LogP contribution in [0.15, 0.2) is 24.3 Å². The number of hydrogen-bond acceptors (Lipinski definition) is 5. The summed E-state index contributed by atoms with van der Waals surface area (Å²) in [7, 11) is 0. The van der Waals surface area contributed by atoms with Crippen molar-refractivity contribution >= 4 is 23.8 Å². The number of benzene rings is 1. The highest BCUT2D eigenvalue weighted by Crippen LogP contribution is 2.11.